The van der Waals surface area contributed by atoms with Gasteiger partial charge in [-0.3, -0.25) is 19.2 Å². The highest BCUT2D eigenvalue weighted by atomic mass is 32.2. The predicted octanol–water partition coefficient (Wildman–Crippen LogP) is 0.369. The van der Waals surface area contributed by atoms with Gasteiger partial charge in [0.2, 0.25) is 17.7 Å². The molecule has 4 atom stereocenters. The van der Waals surface area contributed by atoms with Gasteiger partial charge in [0, 0.05) is 12.8 Å². The number of hydrogen-bond donors (Lipinski definition) is 6. The second-order valence-corrected chi connectivity index (χ2v) is 9.69. The first-order valence-electron chi connectivity index (χ1n) is 11.6. The van der Waals surface area contributed by atoms with Gasteiger partial charge in [0.15, 0.2) is 0 Å². The van der Waals surface area contributed by atoms with Gasteiger partial charge >= 0.3 is 11.9 Å². The van der Waals surface area contributed by atoms with Gasteiger partial charge in [0.25, 0.3) is 0 Å². The van der Waals surface area contributed by atoms with Gasteiger partial charge in [-0.15, -0.1) is 0 Å². The Morgan fingerprint density at radius 1 is 0.889 bits per heavy atom. The molecule has 0 aliphatic heterocycles. The minimum atomic E-state index is -1.43. The first kappa shape index (κ1) is 30.9. The van der Waals surface area contributed by atoms with Gasteiger partial charge in [-0.1, -0.05) is 44.2 Å². The van der Waals surface area contributed by atoms with Gasteiger partial charge in [0.1, 0.15) is 18.1 Å². The number of thioether (sulfide) groups is 1. The molecule has 0 aliphatic rings. The molecule has 0 bridgehead atoms. The first-order valence-corrected chi connectivity index (χ1v) is 13.0. The minimum Gasteiger partial charge on any atom is -0.481 e. The molecule has 7 N–H and O–H groups in total. The number of amides is 3. The van der Waals surface area contributed by atoms with Crippen molar-refractivity contribution in [1.29, 1.82) is 0 Å². The summed E-state index contributed by atoms with van der Waals surface area (Å²) in [5, 5.41) is 25.8. The number of hydrogen-bond acceptors (Lipinski definition) is 7. The Morgan fingerprint density at radius 2 is 1.50 bits per heavy atom. The molecule has 0 saturated heterocycles. The number of carbonyl (C=O) groups excluding carboxylic acids is 3. The van der Waals surface area contributed by atoms with E-state index in [1.165, 1.54) is 0 Å². The molecule has 36 heavy (non-hydrogen) atoms. The molecule has 0 fully saturated rings. The van der Waals surface area contributed by atoms with Gasteiger partial charge in [0.05, 0.1) is 6.04 Å². The van der Waals surface area contributed by atoms with E-state index in [0.29, 0.717) is 12.2 Å². The summed E-state index contributed by atoms with van der Waals surface area (Å²) in [7, 11) is 0. The molecular weight excluding hydrogens is 488 g/mol. The fourth-order valence-electron chi connectivity index (χ4n) is 3.29. The van der Waals surface area contributed by atoms with Crippen molar-refractivity contribution in [2.75, 3.05) is 12.0 Å². The summed E-state index contributed by atoms with van der Waals surface area (Å²) in [4.78, 5) is 61.0. The highest BCUT2D eigenvalue weighted by Crippen LogP contribution is 2.09. The van der Waals surface area contributed by atoms with Crippen LogP contribution in [-0.2, 0) is 30.4 Å². The van der Waals surface area contributed by atoms with E-state index in [-0.39, 0.29) is 12.8 Å². The fourth-order valence-corrected chi connectivity index (χ4v) is 3.78. The number of carboxylic acid groups (broad SMARTS) is 2. The smallest absolute Gasteiger partial charge is 0.326 e. The summed E-state index contributed by atoms with van der Waals surface area (Å²) in [5.74, 6) is -4.23. The lowest BCUT2D eigenvalue weighted by atomic mass is 10.00. The number of carboxylic acids is 2. The molecule has 3 amide bonds. The monoisotopic (exact) mass is 524 g/mol. The Kier molecular flexibility index (Phi) is 13.6. The molecule has 12 heteroatoms. The largest absolute Gasteiger partial charge is 0.481 e. The predicted molar refractivity (Wildman–Crippen MR) is 136 cm³/mol. The van der Waals surface area contributed by atoms with Crippen molar-refractivity contribution in [2.45, 2.75) is 63.7 Å². The summed E-state index contributed by atoms with van der Waals surface area (Å²) >= 11 is 1.54. The van der Waals surface area contributed by atoms with Crippen LogP contribution in [0.3, 0.4) is 0 Å². The van der Waals surface area contributed by atoms with Crippen LogP contribution in [0.1, 0.15) is 38.7 Å². The van der Waals surface area contributed by atoms with Crippen LogP contribution in [0.2, 0.25) is 0 Å². The van der Waals surface area contributed by atoms with Crippen LogP contribution in [0.5, 0.6) is 0 Å². The average Bonchev–Trinajstić information content (AvgIpc) is 2.82. The van der Waals surface area contributed by atoms with Gasteiger partial charge < -0.3 is 31.9 Å². The molecule has 200 valence electrons. The molecule has 0 heterocycles. The topological polar surface area (TPSA) is 188 Å². The van der Waals surface area contributed by atoms with E-state index in [9.17, 15) is 29.1 Å². The molecule has 0 aromatic heterocycles. The van der Waals surface area contributed by atoms with Crippen LogP contribution in [0.25, 0.3) is 0 Å². The summed E-state index contributed by atoms with van der Waals surface area (Å²) < 4.78 is 0. The van der Waals surface area contributed by atoms with Crippen LogP contribution < -0.4 is 21.7 Å². The van der Waals surface area contributed by atoms with E-state index in [1.54, 1.807) is 49.9 Å². The lowest BCUT2D eigenvalue weighted by molar-refractivity contribution is -0.143. The van der Waals surface area contributed by atoms with Gasteiger partial charge in [-0.25, -0.2) is 4.79 Å². The molecule has 0 saturated carbocycles. The van der Waals surface area contributed by atoms with Gasteiger partial charge in [-0.2, -0.15) is 11.8 Å². The van der Waals surface area contributed by atoms with E-state index in [0.717, 1.165) is 5.56 Å². The third-order valence-corrected chi connectivity index (χ3v) is 6.04. The molecule has 1 aromatic rings. The second kappa shape index (κ2) is 15.8. The Balaban J connectivity index is 3.03. The highest BCUT2D eigenvalue weighted by molar-refractivity contribution is 7.98. The molecule has 0 aliphatic carbocycles. The lowest BCUT2D eigenvalue weighted by Gasteiger charge is -2.27. The summed E-state index contributed by atoms with van der Waals surface area (Å²) in [6.07, 6.45) is 1.71. The maximum atomic E-state index is 13.2. The van der Waals surface area contributed by atoms with E-state index in [4.69, 9.17) is 10.8 Å². The van der Waals surface area contributed by atoms with Crippen molar-refractivity contribution in [3.63, 3.8) is 0 Å². The second-order valence-electron chi connectivity index (χ2n) is 8.70. The Morgan fingerprint density at radius 3 is 2.03 bits per heavy atom. The number of carbonyl (C=O) groups is 5. The van der Waals surface area contributed by atoms with E-state index in [1.807, 2.05) is 12.3 Å². The zero-order chi connectivity index (χ0) is 27.3. The highest BCUT2D eigenvalue weighted by Gasteiger charge is 2.32. The van der Waals surface area contributed by atoms with Crippen molar-refractivity contribution < 1.29 is 34.2 Å². The standard InChI is InChI=1S/C24H36N4O7S/c1-14(2)20(23(33)26-17(24(34)35)9-10-19(29)30)28-22(32)18(13-15-7-5-4-6-8-15)27-21(31)16(25)11-12-36-3/h4-8,14,16-18,20H,9-13,25H2,1-3H3,(H,26,33)(H,27,31)(H,28,32)(H,29,30)(H,34,35). The molecule has 11 nitrogen and oxygen atoms in total. The van der Waals surface area contributed by atoms with E-state index < -0.39 is 66.2 Å². The lowest BCUT2D eigenvalue weighted by Crippen LogP contribution is -2.59. The molecular formula is C24H36N4O7S. The molecule has 1 rings (SSSR count). The van der Waals surface area contributed by atoms with Crippen LogP contribution in [0, 0.1) is 5.92 Å². The van der Waals surface area contributed by atoms with E-state index in [2.05, 4.69) is 16.0 Å². The number of nitrogens with one attached hydrogen (secondary N) is 3. The van der Waals surface area contributed by atoms with Gasteiger partial charge in [-0.05, 0) is 36.3 Å². The Labute approximate surface area is 215 Å². The maximum Gasteiger partial charge on any atom is 0.326 e. The number of benzene rings is 1. The average molecular weight is 525 g/mol. The Bertz CT molecular complexity index is 898. The minimum absolute atomic E-state index is 0.149. The molecule has 0 spiro atoms. The van der Waals surface area contributed by atoms with Crippen LogP contribution in [-0.4, -0.2) is 76.0 Å². The van der Waals surface area contributed by atoms with Crippen molar-refractivity contribution in [3.8, 4) is 0 Å². The zero-order valence-electron chi connectivity index (χ0n) is 20.7. The van der Waals surface area contributed by atoms with Crippen LogP contribution >= 0.6 is 11.8 Å². The number of rotatable bonds is 16. The van der Waals surface area contributed by atoms with Crippen molar-refractivity contribution in [2.24, 2.45) is 11.7 Å². The van der Waals surface area contributed by atoms with Crippen molar-refractivity contribution >= 4 is 41.4 Å². The number of nitrogens with two attached hydrogens (primary N) is 1. The maximum absolute atomic E-state index is 13.2. The van der Waals surface area contributed by atoms with Crippen molar-refractivity contribution in [3.05, 3.63) is 35.9 Å². The fraction of sp³-hybridized carbons (Fsp3) is 0.542. The normalized spacial score (nSPS) is 14.2. The van der Waals surface area contributed by atoms with Crippen molar-refractivity contribution in [1.82, 2.24) is 16.0 Å². The summed E-state index contributed by atoms with van der Waals surface area (Å²) in [5.41, 5.74) is 6.74. The summed E-state index contributed by atoms with van der Waals surface area (Å²) in [6, 6.07) is 4.62. The Hall–Kier alpha value is -3.12. The first-order chi connectivity index (χ1) is 17.0. The molecule has 0 radical (unpaired) electrons. The third kappa shape index (κ3) is 11.1. The third-order valence-electron chi connectivity index (χ3n) is 5.39. The van der Waals surface area contributed by atoms with Crippen LogP contribution in [0.4, 0.5) is 0 Å². The van der Waals surface area contributed by atoms with Crippen LogP contribution in [0.15, 0.2) is 30.3 Å². The van der Waals surface area contributed by atoms with E-state index >= 15 is 0 Å². The zero-order valence-corrected chi connectivity index (χ0v) is 21.5. The quantitative estimate of drug-likeness (QED) is 0.177. The summed E-state index contributed by atoms with van der Waals surface area (Å²) in [6.45, 7) is 3.33. The SMILES string of the molecule is CSCCC(N)C(=O)NC(Cc1ccccc1)C(=O)NC(C(=O)NC(CCC(=O)O)C(=O)O)C(C)C. The molecule has 1 aromatic carbocycles. The number of aliphatic carboxylic acids is 2. The molecule has 4 unspecified atom stereocenters.